The second kappa shape index (κ2) is 8.14. The highest BCUT2D eigenvalue weighted by Gasteiger charge is 2.23. The van der Waals surface area contributed by atoms with E-state index in [1.54, 1.807) is 21.0 Å². The molecule has 0 spiro atoms. The number of carboxylic acids is 1. The minimum atomic E-state index is -1.04. The van der Waals surface area contributed by atoms with Crippen LogP contribution in [0.25, 0.3) is 0 Å². The molecule has 0 aliphatic rings. The van der Waals surface area contributed by atoms with Crippen molar-refractivity contribution in [2.24, 2.45) is 5.92 Å². The summed E-state index contributed by atoms with van der Waals surface area (Å²) in [7, 11) is 1.60. The first-order valence-corrected chi connectivity index (χ1v) is 6.84. The maximum absolute atomic E-state index is 11.7. The van der Waals surface area contributed by atoms with Crippen molar-refractivity contribution in [3.63, 3.8) is 0 Å². The van der Waals surface area contributed by atoms with Crippen molar-refractivity contribution in [2.75, 3.05) is 13.7 Å². The van der Waals surface area contributed by atoms with Crippen molar-refractivity contribution in [3.8, 4) is 5.75 Å². The molecule has 6 heteroatoms. The Morgan fingerprint density at radius 3 is 2.52 bits per heavy atom. The number of aliphatic carboxylic acids is 1. The van der Waals surface area contributed by atoms with E-state index in [2.05, 4.69) is 10.6 Å². The van der Waals surface area contributed by atoms with E-state index in [1.165, 1.54) is 0 Å². The Balaban J connectivity index is 2.45. The second-order valence-corrected chi connectivity index (χ2v) is 5.02. The van der Waals surface area contributed by atoms with E-state index < -0.39 is 18.0 Å². The molecule has 0 aliphatic heterocycles. The summed E-state index contributed by atoms with van der Waals surface area (Å²) in [6.07, 6.45) is 0.608. The Morgan fingerprint density at radius 1 is 1.29 bits per heavy atom. The lowest BCUT2D eigenvalue weighted by atomic mass is 10.1. The van der Waals surface area contributed by atoms with Crippen LogP contribution < -0.4 is 15.4 Å². The van der Waals surface area contributed by atoms with Crippen LogP contribution >= 0.6 is 0 Å². The summed E-state index contributed by atoms with van der Waals surface area (Å²) >= 11 is 0. The second-order valence-electron chi connectivity index (χ2n) is 5.02. The number of amides is 2. The minimum absolute atomic E-state index is 0.178. The first-order valence-electron chi connectivity index (χ1n) is 6.84. The summed E-state index contributed by atoms with van der Waals surface area (Å²) in [5.41, 5.74) is 0.985. The first kappa shape index (κ1) is 16.8. The number of nitrogens with one attached hydrogen (secondary N) is 2. The molecule has 1 atom stereocenters. The first-order chi connectivity index (χ1) is 9.95. The molecule has 2 amide bonds. The number of para-hydroxylation sites is 1. The summed E-state index contributed by atoms with van der Waals surface area (Å²) in [6.45, 7) is 3.89. The number of benzene rings is 1. The highest BCUT2D eigenvalue weighted by molar-refractivity contribution is 5.82. The Morgan fingerprint density at radius 2 is 1.95 bits per heavy atom. The van der Waals surface area contributed by atoms with Gasteiger partial charge in [0, 0.05) is 6.54 Å². The molecule has 1 aromatic rings. The third-order valence-corrected chi connectivity index (χ3v) is 3.09. The lowest BCUT2D eigenvalue weighted by Gasteiger charge is -2.18. The number of hydrogen-bond acceptors (Lipinski definition) is 3. The SMILES string of the molecule is COc1ccccc1CCNC(=O)NC(C(=O)O)C(C)C. The summed E-state index contributed by atoms with van der Waals surface area (Å²) in [5, 5.41) is 14.1. The zero-order valence-electron chi connectivity index (χ0n) is 12.6. The van der Waals surface area contributed by atoms with E-state index in [9.17, 15) is 9.59 Å². The van der Waals surface area contributed by atoms with Gasteiger partial charge in [-0.15, -0.1) is 0 Å². The summed E-state index contributed by atoms with van der Waals surface area (Å²) in [4.78, 5) is 22.7. The minimum Gasteiger partial charge on any atom is -0.496 e. The highest BCUT2D eigenvalue weighted by atomic mass is 16.5. The van der Waals surface area contributed by atoms with Gasteiger partial charge in [0.2, 0.25) is 0 Å². The number of carboxylic acid groups (broad SMARTS) is 1. The lowest BCUT2D eigenvalue weighted by molar-refractivity contribution is -0.140. The van der Waals surface area contributed by atoms with Crippen molar-refractivity contribution in [1.29, 1.82) is 0 Å². The van der Waals surface area contributed by atoms with Gasteiger partial charge in [-0.25, -0.2) is 9.59 Å². The predicted octanol–water partition coefficient (Wildman–Crippen LogP) is 1.65. The fourth-order valence-electron chi connectivity index (χ4n) is 1.93. The summed E-state index contributed by atoms with van der Waals surface area (Å²) < 4.78 is 5.22. The van der Waals surface area contributed by atoms with Crippen LogP contribution in [-0.4, -0.2) is 36.8 Å². The van der Waals surface area contributed by atoms with Gasteiger partial charge in [0.05, 0.1) is 7.11 Å². The van der Waals surface area contributed by atoms with Gasteiger partial charge in [0.1, 0.15) is 11.8 Å². The van der Waals surface area contributed by atoms with E-state index in [-0.39, 0.29) is 5.92 Å². The Kier molecular flexibility index (Phi) is 6.52. The maximum atomic E-state index is 11.7. The molecule has 0 heterocycles. The quantitative estimate of drug-likeness (QED) is 0.713. The van der Waals surface area contributed by atoms with Crippen molar-refractivity contribution in [1.82, 2.24) is 10.6 Å². The van der Waals surface area contributed by atoms with E-state index in [0.29, 0.717) is 13.0 Å². The molecule has 0 fully saturated rings. The average Bonchev–Trinajstić information content (AvgIpc) is 2.44. The summed E-state index contributed by atoms with van der Waals surface area (Å²) in [5.74, 6) is -0.447. The van der Waals surface area contributed by atoms with Gasteiger partial charge >= 0.3 is 12.0 Å². The smallest absolute Gasteiger partial charge is 0.326 e. The molecular formula is C15H22N2O4. The van der Waals surface area contributed by atoms with Gasteiger partial charge in [-0.1, -0.05) is 32.0 Å². The van der Waals surface area contributed by atoms with Crippen LogP contribution in [0.2, 0.25) is 0 Å². The maximum Gasteiger partial charge on any atom is 0.326 e. The molecule has 1 aromatic carbocycles. The molecular weight excluding hydrogens is 272 g/mol. The molecule has 21 heavy (non-hydrogen) atoms. The number of carbonyl (C=O) groups is 2. The van der Waals surface area contributed by atoms with Crippen LogP contribution in [0.1, 0.15) is 19.4 Å². The number of urea groups is 1. The van der Waals surface area contributed by atoms with Crippen LogP contribution in [-0.2, 0) is 11.2 Å². The largest absolute Gasteiger partial charge is 0.496 e. The molecule has 0 aromatic heterocycles. The number of carbonyl (C=O) groups excluding carboxylic acids is 1. The standard InChI is InChI=1S/C15H22N2O4/c1-10(2)13(14(18)19)17-15(20)16-9-8-11-6-4-5-7-12(11)21-3/h4-7,10,13H,8-9H2,1-3H3,(H,18,19)(H2,16,17,20). The number of hydrogen-bond donors (Lipinski definition) is 3. The van der Waals surface area contributed by atoms with E-state index in [1.807, 2.05) is 24.3 Å². The molecule has 116 valence electrons. The molecule has 3 N–H and O–H groups in total. The van der Waals surface area contributed by atoms with Gasteiger partial charge in [-0.3, -0.25) is 0 Å². The van der Waals surface area contributed by atoms with E-state index >= 15 is 0 Å². The normalized spacial score (nSPS) is 11.8. The monoisotopic (exact) mass is 294 g/mol. The zero-order valence-corrected chi connectivity index (χ0v) is 12.6. The average molecular weight is 294 g/mol. The zero-order chi connectivity index (χ0) is 15.8. The van der Waals surface area contributed by atoms with Crippen LogP contribution in [0.3, 0.4) is 0 Å². The van der Waals surface area contributed by atoms with Crippen LogP contribution in [0, 0.1) is 5.92 Å². The fourth-order valence-corrected chi connectivity index (χ4v) is 1.93. The van der Waals surface area contributed by atoms with Crippen LogP contribution in [0.15, 0.2) is 24.3 Å². The molecule has 1 rings (SSSR count). The molecule has 6 nitrogen and oxygen atoms in total. The Bertz CT molecular complexity index is 488. The van der Waals surface area contributed by atoms with Crippen molar-refractivity contribution < 1.29 is 19.4 Å². The Hall–Kier alpha value is -2.24. The predicted molar refractivity (Wildman–Crippen MR) is 79.5 cm³/mol. The summed E-state index contributed by atoms with van der Waals surface area (Å²) in [6, 6.07) is 6.18. The number of methoxy groups -OCH3 is 1. The van der Waals surface area contributed by atoms with Crippen molar-refractivity contribution in [3.05, 3.63) is 29.8 Å². The van der Waals surface area contributed by atoms with Gasteiger partial charge in [0.15, 0.2) is 0 Å². The lowest BCUT2D eigenvalue weighted by Crippen LogP contribution is -2.48. The van der Waals surface area contributed by atoms with Crippen molar-refractivity contribution >= 4 is 12.0 Å². The van der Waals surface area contributed by atoms with Crippen LogP contribution in [0.5, 0.6) is 5.75 Å². The topological polar surface area (TPSA) is 87.7 Å². The fraction of sp³-hybridized carbons (Fsp3) is 0.467. The highest BCUT2D eigenvalue weighted by Crippen LogP contribution is 2.17. The van der Waals surface area contributed by atoms with Gasteiger partial charge in [0.25, 0.3) is 0 Å². The van der Waals surface area contributed by atoms with Gasteiger partial charge in [-0.2, -0.15) is 0 Å². The van der Waals surface area contributed by atoms with Crippen molar-refractivity contribution in [2.45, 2.75) is 26.3 Å². The molecule has 0 bridgehead atoms. The molecule has 0 aliphatic carbocycles. The third-order valence-electron chi connectivity index (χ3n) is 3.09. The molecule has 0 saturated carbocycles. The third kappa shape index (κ3) is 5.33. The van der Waals surface area contributed by atoms with Crippen LogP contribution in [0.4, 0.5) is 4.79 Å². The molecule has 0 saturated heterocycles. The number of rotatable bonds is 7. The number of ether oxygens (including phenoxy) is 1. The molecule has 1 unspecified atom stereocenters. The van der Waals surface area contributed by atoms with E-state index in [0.717, 1.165) is 11.3 Å². The van der Waals surface area contributed by atoms with Gasteiger partial charge in [-0.05, 0) is 24.0 Å². The molecule has 0 radical (unpaired) electrons. The Labute approximate surface area is 124 Å². The van der Waals surface area contributed by atoms with Gasteiger partial charge < -0.3 is 20.5 Å². The van der Waals surface area contributed by atoms with E-state index in [4.69, 9.17) is 9.84 Å².